The third-order valence-electron chi connectivity index (χ3n) is 2.68. The standard InChI is InChI=1S/C14H16BrN3OS/c1-2-6-17-12-5-7-16-9-11(12)14(19)18-8-10-3-4-13(15)20-10/h3-5,7,9H,2,6,8H2,1H3,(H,16,17)(H,18,19). The number of halogens is 1. The molecule has 4 nitrogen and oxygen atoms in total. The summed E-state index contributed by atoms with van der Waals surface area (Å²) in [6.45, 7) is 3.45. The maximum Gasteiger partial charge on any atom is 0.255 e. The van der Waals surface area contributed by atoms with Crippen LogP contribution in [-0.2, 0) is 6.54 Å². The number of rotatable bonds is 6. The van der Waals surface area contributed by atoms with Crippen LogP contribution in [0.5, 0.6) is 0 Å². The minimum Gasteiger partial charge on any atom is -0.384 e. The molecule has 0 aliphatic heterocycles. The Hall–Kier alpha value is -1.40. The highest BCUT2D eigenvalue weighted by molar-refractivity contribution is 9.11. The Kier molecular flexibility index (Phi) is 5.55. The first-order valence-electron chi connectivity index (χ1n) is 6.41. The van der Waals surface area contributed by atoms with Gasteiger partial charge in [0.05, 0.1) is 21.6 Å². The average molecular weight is 354 g/mol. The van der Waals surface area contributed by atoms with Gasteiger partial charge >= 0.3 is 0 Å². The molecule has 0 aliphatic carbocycles. The molecule has 6 heteroatoms. The molecule has 20 heavy (non-hydrogen) atoms. The first-order valence-corrected chi connectivity index (χ1v) is 8.02. The molecule has 0 fully saturated rings. The number of nitrogens with zero attached hydrogens (tertiary/aromatic N) is 1. The van der Waals surface area contributed by atoms with Gasteiger partial charge in [0, 0.05) is 23.8 Å². The van der Waals surface area contributed by atoms with Crippen LogP contribution in [0.15, 0.2) is 34.4 Å². The molecule has 0 bridgehead atoms. The molecule has 0 saturated heterocycles. The summed E-state index contributed by atoms with van der Waals surface area (Å²) in [6.07, 6.45) is 4.29. The van der Waals surface area contributed by atoms with Crippen molar-refractivity contribution in [3.8, 4) is 0 Å². The van der Waals surface area contributed by atoms with Crippen LogP contribution in [0.2, 0.25) is 0 Å². The molecule has 2 rings (SSSR count). The first-order chi connectivity index (χ1) is 9.70. The number of pyridine rings is 1. The van der Waals surface area contributed by atoms with E-state index in [1.165, 1.54) is 0 Å². The molecule has 2 heterocycles. The van der Waals surface area contributed by atoms with Gasteiger partial charge in [0.1, 0.15) is 0 Å². The summed E-state index contributed by atoms with van der Waals surface area (Å²) >= 11 is 5.02. The lowest BCUT2D eigenvalue weighted by Gasteiger charge is -2.10. The molecular formula is C14H16BrN3OS. The van der Waals surface area contributed by atoms with Crippen LogP contribution in [0.1, 0.15) is 28.6 Å². The van der Waals surface area contributed by atoms with Crippen molar-refractivity contribution in [2.24, 2.45) is 0 Å². The highest BCUT2D eigenvalue weighted by Crippen LogP contribution is 2.22. The van der Waals surface area contributed by atoms with Crippen LogP contribution < -0.4 is 10.6 Å². The lowest BCUT2D eigenvalue weighted by molar-refractivity contribution is 0.0951. The molecule has 0 spiro atoms. The number of thiophene rings is 1. The van der Waals surface area contributed by atoms with E-state index in [9.17, 15) is 4.79 Å². The van der Waals surface area contributed by atoms with E-state index in [0.29, 0.717) is 12.1 Å². The van der Waals surface area contributed by atoms with E-state index in [4.69, 9.17) is 0 Å². The predicted molar refractivity (Wildman–Crippen MR) is 86.2 cm³/mol. The number of hydrogen-bond donors (Lipinski definition) is 2. The fourth-order valence-electron chi connectivity index (χ4n) is 1.70. The second-order valence-corrected chi connectivity index (χ2v) is 6.78. The Morgan fingerprint density at radius 3 is 2.95 bits per heavy atom. The largest absolute Gasteiger partial charge is 0.384 e. The molecule has 0 aliphatic rings. The number of carbonyl (C=O) groups excluding carboxylic acids is 1. The van der Waals surface area contributed by atoms with Gasteiger partial charge in [-0.1, -0.05) is 6.92 Å². The number of amides is 1. The predicted octanol–water partition coefficient (Wildman–Crippen LogP) is 3.66. The Morgan fingerprint density at radius 1 is 1.40 bits per heavy atom. The zero-order valence-electron chi connectivity index (χ0n) is 11.1. The fourth-order valence-corrected chi connectivity index (χ4v) is 3.12. The summed E-state index contributed by atoms with van der Waals surface area (Å²) in [5.74, 6) is -0.110. The van der Waals surface area contributed by atoms with Crippen molar-refractivity contribution in [1.29, 1.82) is 0 Å². The molecule has 2 aromatic heterocycles. The van der Waals surface area contributed by atoms with E-state index < -0.39 is 0 Å². The van der Waals surface area contributed by atoms with Gasteiger partial charge in [0.2, 0.25) is 0 Å². The molecule has 106 valence electrons. The number of hydrogen-bond acceptors (Lipinski definition) is 4. The third kappa shape index (κ3) is 4.05. The van der Waals surface area contributed by atoms with Gasteiger partial charge in [-0.25, -0.2) is 0 Å². The second kappa shape index (κ2) is 7.40. The van der Waals surface area contributed by atoms with Gasteiger partial charge in [0.25, 0.3) is 5.91 Å². The van der Waals surface area contributed by atoms with E-state index in [1.54, 1.807) is 23.7 Å². The zero-order chi connectivity index (χ0) is 14.4. The van der Waals surface area contributed by atoms with Crippen molar-refractivity contribution in [3.63, 3.8) is 0 Å². The lowest BCUT2D eigenvalue weighted by atomic mass is 10.2. The third-order valence-corrected chi connectivity index (χ3v) is 4.31. The van der Waals surface area contributed by atoms with Crippen molar-refractivity contribution in [2.45, 2.75) is 19.9 Å². The summed E-state index contributed by atoms with van der Waals surface area (Å²) in [4.78, 5) is 17.3. The Balaban J connectivity index is 2.01. The Labute approximate surface area is 130 Å². The van der Waals surface area contributed by atoms with Crippen LogP contribution >= 0.6 is 27.3 Å². The van der Waals surface area contributed by atoms with Crippen molar-refractivity contribution in [3.05, 3.63) is 44.8 Å². The average Bonchev–Trinajstić information content (AvgIpc) is 2.88. The van der Waals surface area contributed by atoms with Crippen molar-refractivity contribution >= 4 is 38.9 Å². The number of anilines is 1. The van der Waals surface area contributed by atoms with Gasteiger partial charge in [-0.3, -0.25) is 9.78 Å². The Bertz CT molecular complexity index is 585. The second-order valence-electron chi connectivity index (χ2n) is 4.24. The van der Waals surface area contributed by atoms with Gasteiger partial charge < -0.3 is 10.6 Å². The molecule has 0 aromatic carbocycles. The smallest absolute Gasteiger partial charge is 0.255 e. The summed E-state index contributed by atoms with van der Waals surface area (Å²) < 4.78 is 1.06. The summed E-state index contributed by atoms with van der Waals surface area (Å²) in [5, 5.41) is 6.16. The lowest BCUT2D eigenvalue weighted by Crippen LogP contribution is -2.23. The number of carbonyl (C=O) groups is 1. The van der Waals surface area contributed by atoms with E-state index in [2.05, 4.69) is 38.5 Å². The fraction of sp³-hybridized carbons (Fsp3) is 0.286. The number of aromatic nitrogens is 1. The van der Waals surface area contributed by atoms with Crippen LogP contribution in [0.3, 0.4) is 0 Å². The normalized spacial score (nSPS) is 10.3. The van der Waals surface area contributed by atoms with Crippen LogP contribution in [0.25, 0.3) is 0 Å². The molecule has 0 radical (unpaired) electrons. The topological polar surface area (TPSA) is 54.0 Å². The highest BCUT2D eigenvalue weighted by atomic mass is 79.9. The van der Waals surface area contributed by atoms with Gasteiger partial charge in [0.15, 0.2) is 0 Å². The van der Waals surface area contributed by atoms with Crippen LogP contribution in [-0.4, -0.2) is 17.4 Å². The van der Waals surface area contributed by atoms with Crippen molar-refractivity contribution < 1.29 is 4.79 Å². The minimum absolute atomic E-state index is 0.110. The molecule has 0 unspecified atom stereocenters. The quantitative estimate of drug-likeness (QED) is 0.833. The Morgan fingerprint density at radius 2 is 2.25 bits per heavy atom. The van der Waals surface area contributed by atoms with Crippen LogP contribution in [0.4, 0.5) is 5.69 Å². The summed E-state index contributed by atoms with van der Waals surface area (Å²) in [5.41, 5.74) is 1.41. The van der Waals surface area contributed by atoms with Gasteiger partial charge in [-0.05, 0) is 40.5 Å². The van der Waals surface area contributed by atoms with Gasteiger partial charge in [-0.2, -0.15) is 0 Å². The van der Waals surface area contributed by atoms with E-state index in [0.717, 1.165) is 27.3 Å². The number of nitrogens with one attached hydrogen (secondary N) is 2. The van der Waals surface area contributed by atoms with Gasteiger partial charge in [-0.15, -0.1) is 11.3 Å². The minimum atomic E-state index is -0.110. The molecular weight excluding hydrogens is 338 g/mol. The van der Waals surface area contributed by atoms with E-state index in [-0.39, 0.29) is 5.91 Å². The highest BCUT2D eigenvalue weighted by Gasteiger charge is 2.11. The first kappa shape index (κ1) is 15.0. The summed E-state index contributed by atoms with van der Waals surface area (Å²) in [7, 11) is 0. The van der Waals surface area contributed by atoms with E-state index in [1.807, 2.05) is 18.2 Å². The molecule has 0 saturated carbocycles. The maximum atomic E-state index is 12.2. The molecule has 0 atom stereocenters. The SMILES string of the molecule is CCCNc1ccncc1C(=O)NCc1ccc(Br)s1. The van der Waals surface area contributed by atoms with Crippen LogP contribution in [0, 0.1) is 0 Å². The molecule has 1 amide bonds. The van der Waals surface area contributed by atoms with Crippen molar-refractivity contribution in [1.82, 2.24) is 10.3 Å². The monoisotopic (exact) mass is 353 g/mol. The molecule has 2 N–H and O–H groups in total. The summed E-state index contributed by atoms with van der Waals surface area (Å²) in [6, 6.07) is 5.80. The molecule has 2 aromatic rings. The zero-order valence-corrected chi connectivity index (χ0v) is 13.6. The maximum absolute atomic E-state index is 12.2. The van der Waals surface area contributed by atoms with E-state index >= 15 is 0 Å². The van der Waals surface area contributed by atoms with Crippen molar-refractivity contribution in [2.75, 3.05) is 11.9 Å².